The van der Waals surface area contributed by atoms with Crippen molar-refractivity contribution in [2.45, 2.75) is 20.3 Å². The molecular formula is C17H19N7OW. The number of hydrogen-bond donors (Lipinski definition) is 2. The molecule has 0 saturated carbocycles. The molecule has 3 aromatic rings. The number of aromatic nitrogens is 4. The van der Waals surface area contributed by atoms with Gasteiger partial charge in [0, 0.05) is 24.7 Å². The van der Waals surface area contributed by atoms with Crippen LogP contribution in [0.4, 0.5) is 17.3 Å². The number of rotatable bonds is 6. The van der Waals surface area contributed by atoms with Gasteiger partial charge in [-0.2, -0.15) is 6.42 Å². The van der Waals surface area contributed by atoms with Gasteiger partial charge in [-0.1, -0.05) is 6.92 Å². The van der Waals surface area contributed by atoms with Crippen molar-refractivity contribution in [3.8, 4) is 0 Å². The summed E-state index contributed by atoms with van der Waals surface area (Å²) in [6, 6.07) is 5.56. The fourth-order valence-electron chi connectivity index (χ4n) is 2.23. The monoisotopic (exact) mass is 521 g/mol. The van der Waals surface area contributed by atoms with Crippen molar-refractivity contribution in [1.29, 1.82) is 0 Å². The van der Waals surface area contributed by atoms with Crippen LogP contribution in [0.5, 0.6) is 0 Å². The summed E-state index contributed by atoms with van der Waals surface area (Å²) in [5, 5.41) is 7.08. The van der Waals surface area contributed by atoms with Crippen LogP contribution in [0.25, 0.3) is 17.2 Å². The SMILES string of the molecule is CC[CH-]Nc1cnc(C(C)=O)c(Nc2ccnc3ncccc23)n1.[NH2-].[W+2]. The summed E-state index contributed by atoms with van der Waals surface area (Å²) in [7, 11) is 0. The van der Waals surface area contributed by atoms with E-state index in [1.807, 2.05) is 31.7 Å². The van der Waals surface area contributed by atoms with Gasteiger partial charge in [0.05, 0.1) is 11.9 Å². The van der Waals surface area contributed by atoms with E-state index in [-0.39, 0.29) is 38.7 Å². The van der Waals surface area contributed by atoms with Gasteiger partial charge in [0.2, 0.25) is 0 Å². The van der Waals surface area contributed by atoms with Crippen LogP contribution >= 0.6 is 0 Å². The van der Waals surface area contributed by atoms with Crippen LogP contribution < -0.4 is 10.6 Å². The molecule has 0 saturated heterocycles. The molecule has 0 amide bonds. The summed E-state index contributed by atoms with van der Waals surface area (Å²) in [4.78, 5) is 29.0. The Balaban J connectivity index is 0.00000169. The van der Waals surface area contributed by atoms with E-state index in [0.717, 1.165) is 17.5 Å². The predicted octanol–water partition coefficient (Wildman–Crippen LogP) is 4.06. The Bertz CT molecular complexity index is 883. The first-order valence-corrected chi connectivity index (χ1v) is 7.62. The first-order valence-electron chi connectivity index (χ1n) is 7.62. The quantitative estimate of drug-likeness (QED) is 0.370. The average Bonchev–Trinajstić information content (AvgIpc) is 2.60. The number of Topliss-reactive ketones (excluding diaryl/α,β-unsaturated/α-hetero) is 1. The standard InChI is InChI=1S/C17H17N6O.H2N.W/c1-3-7-18-14-10-21-15(11(2)24)17(23-14)22-13-6-9-20-16-12(13)5-4-8-19-16;;/h4-10H,3H2,1-2H3,(H2,18,19,20,22,23);1H2;/q2*-1;+2. The van der Waals surface area contributed by atoms with E-state index in [0.29, 0.717) is 17.3 Å². The number of carbonyl (C=O) groups excluding carboxylic acids is 1. The fourth-order valence-corrected chi connectivity index (χ4v) is 2.23. The predicted molar refractivity (Wildman–Crippen MR) is 98.4 cm³/mol. The van der Waals surface area contributed by atoms with Gasteiger partial charge < -0.3 is 16.8 Å². The summed E-state index contributed by atoms with van der Waals surface area (Å²) in [5.74, 6) is 0.807. The summed E-state index contributed by atoms with van der Waals surface area (Å²) in [6.07, 6.45) is 5.73. The number of anilines is 3. The second-order valence-corrected chi connectivity index (χ2v) is 5.12. The second-order valence-electron chi connectivity index (χ2n) is 5.12. The zero-order chi connectivity index (χ0) is 16.9. The molecule has 134 valence electrons. The molecule has 9 heteroatoms. The Morgan fingerprint density at radius 2 is 1.96 bits per heavy atom. The van der Waals surface area contributed by atoms with Crippen LogP contribution in [0.2, 0.25) is 0 Å². The molecule has 0 aliphatic carbocycles. The minimum absolute atomic E-state index is 0. The number of nitrogens with two attached hydrogens (primary N) is 1. The third-order valence-corrected chi connectivity index (χ3v) is 3.33. The molecule has 3 heterocycles. The number of nitrogens with one attached hydrogen (secondary N) is 2. The van der Waals surface area contributed by atoms with Crippen LogP contribution in [0.1, 0.15) is 30.8 Å². The molecule has 0 radical (unpaired) electrons. The minimum Gasteiger partial charge on any atom is -0.693 e. The Labute approximate surface area is 166 Å². The van der Waals surface area contributed by atoms with Gasteiger partial charge in [-0.25, -0.2) is 26.5 Å². The number of fused-ring (bicyclic) bond motifs is 1. The van der Waals surface area contributed by atoms with E-state index >= 15 is 0 Å². The molecular weight excluding hydrogens is 502 g/mol. The zero-order valence-electron chi connectivity index (χ0n) is 14.4. The minimum atomic E-state index is -0.160. The van der Waals surface area contributed by atoms with Crippen molar-refractivity contribution in [3.05, 3.63) is 55.2 Å². The van der Waals surface area contributed by atoms with Crippen LogP contribution in [-0.4, -0.2) is 25.7 Å². The van der Waals surface area contributed by atoms with Gasteiger partial charge in [0.25, 0.3) is 0 Å². The van der Waals surface area contributed by atoms with E-state index < -0.39 is 0 Å². The number of ketones is 1. The molecule has 3 rings (SSSR count). The molecule has 8 nitrogen and oxygen atoms in total. The molecule has 0 unspecified atom stereocenters. The smallest absolute Gasteiger partial charge is 0.693 e. The van der Waals surface area contributed by atoms with Gasteiger partial charge in [0.1, 0.15) is 11.5 Å². The van der Waals surface area contributed by atoms with Crippen molar-refractivity contribution in [2.24, 2.45) is 0 Å². The zero-order valence-corrected chi connectivity index (χ0v) is 17.4. The molecule has 0 aromatic carbocycles. The third kappa shape index (κ3) is 4.80. The largest absolute Gasteiger partial charge is 2.00 e. The first-order chi connectivity index (χ1) is 11.7. The van der Waals surface area contributed by atoms with Gasteiger partial charge in [-0.15, -0.1) is 0 Å². The van der Waals surface area contributed by atoms with Gasteiger partial charge >= 0.3 is 21.1 Å². The van der Waals surface area contributed by atoms with Crippen LogP contribution in [-0.2, 0) is 21.1 Å². The maximum Gasteiger partial charge on any atom is 2.00 e. The molecule has 0 atom stereocenters. The van der Waals surface area contributed by atoms with Gasteiger partial charge in [-0.3, -0.25) is 4.79 Å². The molecule has 4 N–H and O–H groups in total. The normalized spacial score (nSPS) is 9.77. The average molecular weight is 521 g/mol. The molecule has 0 bridgehead atoms. The molecule has 0 aliphatic rings. The van der Waals surface area contributed by atoms with Crippen molar-refractivity contribution in [3.63, 3.8) is 0 Å². The number of nitrogens with zero attached hydrogens (tertiary/aromatic N) is 4. The van der Waals surface area contributed by atoms with Crippen molar-refractivity contribution in [2.75, 3.05) is 10.6 Å². The number of hydrogen-bond acceptors (Lipinski definition) is 7. The summed E-state index contributed by atoms with van der Waals surface area (Å²) in [6.45, 7) is 5.35. The Morgan fingerprint density at radius 3 is 2.69 bits per heavy atom. The molecule has 3 aromatic heterocycles. The Hall–Kier alpha value is -2.44. The number of carbonyl (C=O) groups is 1. The van der Waals surface area contributed by atoms with E-state index in [9.17, 15) is 4.79 Å². The summed E-state index contributed by atoms with van der Waals surface area (Å²) < 4.78 is 0. The second kappa shape index (κ2) is 9.89. The fraction of sp³-hybridized carbons (Fsp3) is 0.176. The maximum absolute atomic E-state index is 11.8. The molecule has 26 heavy (non-hydrogen) atoms. The van der Waals surface area contributed by atoms with Crippen LogP contribution in [0, 0.1) is 6.54 Å². The topological polar surface area (TPSA) is 126 Å². The van der Waals surface area contributed by atoms with Crippen LogP contribution in [0.3, 0.4) is 0 Å². The van der Waals surface area contributed by atoms with E-state index in [4.69, 9.17) is 0 Å². The van der Waals surface area contributed by atoms with Crippen molar-refractivity contribution in [1.82, 2.24) is 19.9 Å². The third-order valence-electron chi connectivity index (χ3n) is 3.33. The molecule has 0 aliphatic heterocycles. The molecule has 0 spiro atoms. The summed E-state index contributed by atoms with van der Waals surface area (Å²) >= 11 is 0. The number of pyridine rings is 2. The molecule has 0 fully saturated rings. The van der Waals surface area contributed by atoms with Crippen molar-refractivity contribution >= 4 is 34.1 Å². The van der Waals surface area contributed by atoms with E-state index in [1.165, 1.54) is 6.92 Å². The van der Waals surface area contributed by atoms with E-state index in [2.05, 4.69) is 30.6 Å². The van der Waals surface area contributed by atoms with Gasteiger partial charge in [-0.05, 0) is 18.2 Å². The maximum atomic E-state index is 11.8. The van der Waals surface area contributed by atoms with Crippen molar-refractivity contribution < 1.29 is 25.9 Å². The van der Waals surface area contributed by atoms with Crippen LogP contribution in [0.15, 0.2) is 36.8 Å². The summed E-state index contributed by atoms with van der Waals surface area (Å²) in [5.41, 5.74) is 1.67. The van der Waals surface area contributed by atoms with Gasteiger partial charge in [0.15, 0.2) is 17.2 Å². The Morgan fingerprint density at radius 1 is 1.19 bits per heavy atom. The first kappa shape index (κ1) is 21.6. The van der Waals surface area contributed by atoms with E-state index in [1.54, 1.807) is 18.6 Å². The Kier molecular flexibility index (Phi) is 8.22.